The number of carbonyl (C=O) groups is 1. The fraction of sp³-hybridized carbons (Fsp3) is 0.211. The van der Waals surface area contributed by atoms with E-state index in [1.54, 1.807) is 42.5 Å². The summed E-state index contributed by atoms with van der Waals surface area (Å²) in [5.41, 5.74) is 0.763. The molecule has 3 aromatic rings. The Balaban J connectivity index is 1.65. The van der Waals surface area contributed by atoms with Crippen molar-refractivity contribution in [3.8, 4) is 0 Å². The molecule has 0 atom stereocenters. The van der Waals surface area contributed by atoms with E-state index in [0.29, 0.717) is 22.3 Å². The van der Waals surface area contributed by atoms with Gasteiger partial charge in [0.1, 0.15) is 5.01 Å². The van der Waals surface area contributed by atoms with Crippen molar-refractivity contribution in [3.05, 3.63) is 65.2 Å². The van der Waals surface area contributed by atoms with Gasteiger partial charge >= 0.3 is 0 Å². The minimum absolute atomic E-state index is 0.172. The number of nitrogens with zero attached hydrogens (tertiary/aromatic N) is 2. The van der Waals surface area contributed by atoms with Crippen molar-refractivity contribution in [2.75, 3.05) is 10.0 Å². The van der Waals surface area contributed by atoms with E-state index in [1.807, 2.05) is 0 Å². The summed E-state index contributed by atoms with van der Waals surface area (Å²) >= 11 is 1.35. The maximum Gasteiger partial charge on any atom is 0.261 e. The van der Waals surface area contributed by atoms with Gasteiger partial charge in [-0.05, 0) is 42.3 Å². The number of hydrogen-bond donors (Lipinski definition) is 2. The Labute approximate surface area is 167 Å². The highest BCUT2D eigenvalue weighted by atomic mass is 32.2. The van der Waals surface area contributed by atoms with Gasteiger partial charge < -0.3 is 0 Å². The zero-order valence-electron chi connectivity index (χ0n) is 15.4. The smallest absolute Gasteiger partial charge is 0.261 e. The van der Waals surface area contributed by atoms with Crippen molar-refractivity contribution < 1.29 is 13.2 Å². The Morgan fingerprint density at radius 2 is 1.71 bits per heavy atom. The van der Waals surface area contributed by atoms with Gasteiger partial charge in [0.15, 0.2) is 0 Å². The molecule has 7 nitrogen and oxygen atoms in total. The van der Waals surface area contributed by atoms with E-state index in [1.165, 1.54) is 23.5 Å². The summed E-state index contributed by atoms with van der Waals surface area (Å²) in [7, 11) is -3.67. The molecule has 0 saturated carbocycles. The van der Waals surface area contributed by atoms with Crippen LogP contribution in [0.2, 0.25) is 0 Å². The number of benzene rings is 2. The van der Waals surface area contributed by atoms with E-state index in [-0.39, 0.29) is 10.8 Å². The topological polar surface area (TPSA) is 101 Å². The summed E-state index contributed by atoms with van der Waals surface area (Å²) in [4.78, 5) is 12.5. The predicted molar refractivity (Wildman–Crippen MR) is 110 cm³/mol. The molecule has 1 aromatic heterocycles. The van der Waals surface area contributed by atoms with Gasteiger partial charge in [-0.1, -0.05) is 43.4 Å². The Morgan fingerprint density at radius 3 is 2.36 bits per heavy atom. The predicted octanol–water partition coefficient (Wildman–Crippen LogP) is 3.79. The van der Waals surface area contributed by atoms with Crippen LogP contribution in [0.15, 0.2) is 59.5 Å². The van der Waals surface area contributed by atoms with Crippen molar-refractivity contribution >= 4 is 38.1 Å². The fourth-order valence-electron chi connectivity index (χ4n) is 2.41. The zero-order valence-corrected chi connectivity index (χ0v) is 17.0. The van der Waals surface area contributed by atoms with Crippen molar-refractivity contribution in [2.45, 2.75) is 25.2 Å². The van der Waals surface area contributed by atoms with Crippen molar-refractivity contribution in [3.63, 3.8) is 0 Å². The average molecular weight is 417 g/mol. The lowest BCUT2D eigenvalue weighted by Gasteiger charge is -2.08. The molecule has 1 amide bonds. The lowest BCUT2D eigenvalue weighted by atomic mass is 10.1. The van der Waals surface area contributed by atoms with Crippen LogP contribution in [-0.2, 0) is 16.4 Å². The average Bonchev–Trinajstić information content (AvgIpc) is 3.08. The molecule has 3 rings (SSSR count). The molecule has 0 saturated heterocycles. The van der Waals surface area contributed by atoms with Crippen LogP contribution in [0.25, 0.3) is 0 Å². The number of hydrogen-bond acceptors (Lipinski definition) is 6. The van der Waals surface area contributed by atoms with Gasteiger partial charge in [-0.15, -0.1) is 10.2 Å². The minimum Gasteiger partial charge on any atom is -0.296 e. The summed E-state index contributed by atoms with van der Waals surface area (Å²) < 4.78 is 27.2. The van der Waals surface area contributed by atoms with Gasteiger partial charge in [0.2, 0.25) is 5.13 Å². The maximum atomic E-state index is 12.4. The Hall–Kier alpha value is -2.78. The number of anilines is 2. The van der Waals surface area contributed by atoms with E-state index < -0.39 is 10.0 Å². The molecule has 0 aliphatic carbocycles. The number of rotatable bonds is 7. The van der Waals surface area contributed by atoms with Crippen LogP contribution in [0.4, 0.5) is 10.8 Å². The molecule has 0 bridgehead atoms. The molecule has 0 aliphatic rings. The summed E-state index contributed by atoms with van der Waals surface area (Å²) in [5, 5.41) is 12.1. The molecule has 0 spiro atoms. The molecule has 1 heterocycles. The molecule has 0 aliphatic heterocycles. The summed E-state index contributed by atoms with van der Waals surface area (Å²) in [6.07, 6.45) is 0.809. The van der Waals surface area contributed by atoms with Crippen LogP contribution in [0.5, 0.6) is 0 Å². The molecule has 0 unspecified atom stereocenters. The highest BCUT2D eigenvalue weighted by Gasteiger charge is 2.15. The van der Waals surface area contributed by atoms with Gasteiger partial charge in [0, 0.05) is 17.7 Å². The summed E-state index contributed by atoms with van der Waals surface area (Å²) in [6.45, 7) is 4.18. The van der Waals surface area contributed by atoms with Gasteiger partial charge in [0.25, 0.3) is 15.9 Å². The molecule has 146 valence electrons. The van der Waals surface area contributed by atoms with Crippen molar-refractivity contribution in [2.24, 2.45) is 5.92 Å². The molecule has 9 heteroatoms. The van der Waals surface area contributed by atoms with Crippen LogP contribution in [0.3, 0.4) is 0 Å². The third-order valence-electron chi connectivity index (χ3n) is 3.72. The standard InChI is InChI=1S/C19H20N4O3S2/c1-13(2)12-17-21-22-19(27-17)20-18(24)14-8-10-15(11-9-14)23-28(25,26)16-6-4-3-5-7-16/h3-11,13,23H,12H2,1-2H3,(H,20,22,24). The second kappa shape index (κ2) is 8.49. The molecular formula is C19H20N4O3S2. The van der Waals surface area contributed by atoms with E-state index in [2.05, 4.69) is 34.1 Å². The fourth-order valence-corrected chi connectivity index (χ4v) is 4.44. The SMILES string of the molecule is CC(C)Cc1nnc(NC(=O)c2ccc(NS(=O)(=O)c3ccccc3)cc2)s1. The lowest BCUT2D eigenvalue weighted by molar-refractivity contribution is 0.102. The second-order valence-corrected chi connectivity index (χ2v) is 9.29. The number of nitrogens with one attached hydrogen (secondary N) is 2. The normalized spacial score (nSPS) is 11.4. The zero-order chi connectivity index (χ0) is 20.1. The third-order valence-corrected chi connectivity index (χ3v) is 5.98. The van der Waals surface area contributed by atoms with Gasteiger partial charge in [-0.2, -0.15) is 0 Å². The Morgan fingerprint density at radius 1 is 1.04 bits per heavy atom. The second-order valence-electron chi connectivity index (χ2n) is 6.55. The van der Waals surface area contributed by atoms with Gasteiger partial charge in [-0.3, -0.25) is 14.8 Å². The Bertz CT molecular complexity index is 1050. The molecule has 0 fully saturated rings. The third kappa shape index (κ3) is 5.14. The van der Waals surface area contributed by atoms with E-state index in [9.17, 15) is 13.2 Å². The van der Waals surface area contributed by atoms with Gasteiger partial charge in [-0.25, -0.2) is 8.42 Å². The number of amides is 1. The van der Waals surface area contributed by atoms with E-state index in [0.717, 1.165) is 11.4 Å². The van der Waals surface area contributed by atoms with Gasteiger partial charge in [0.05, 0.1) is 4.90 Å². The van der Waals surface area contributed by atoms with Crippen LogP contribution in [0.1, 0.15) is 29.2 Å². The first kappa shape index (κ1) is 20.0. The monoisotopic (exact) mass is 416 g/mol. The molecule has 2 aromatic carbocycles. The largest absolute Gasteiger partial charge is 0.296 e. The number of carbonyl (C=O) groups excluding carboxylic acids is 1. The summed E-state index contributed by atoms with van der Waals surface area (Å²) in [5.74, 6) is 0.133. The molecule has 28 heavy (non-hydrogen) atoms. The van der Waals surface area contributed by atoms with Crippen LogP contribution in [-0.4, -0.2) is 24.5 Å². The highest BCUT2D eigenvalue weighted by molar-refractivity contribution is 7.92. The van der Waals surface area contributed by atoms with Crippen molar-refractivity contribution in [1.29, 1.82) is 0 Å². The summed E-state index contributed by atoms with van der Waals surface area (Å²) in [6, 6.07) is 14.3. The molecular weight excluding hydrogens is 396 g/mol. The van der Waals surface area contributed by atoms with Crippen LogP contribution >= 0.6 is 11.3 Å². The Kier molecular flexibility index (Phi) is 6.05. The van der Waals surface area contributed by atoms with Crippen LogP contribution < -0.4 is 10.0 Å². The lowest BCUT2D eigenvalue weighted by Crippen LogP contribution is -2.14. The minimum atomic E-state index is -3.67. The first-order valence-corrected chi connectivity index (χ1v) is 10.9. The maximum absolute atomic E-state index is 12.4. The van der Waals surface area contributed by atoms with Crippen molar-refractivity contribution in [1.82, 2.24) is 10.2 Å². The molecule has 0 radical (unpaired) electrons. The first-order chi connectivity index (χ1) is 13.3. The first-order valence-electron chi connectivity index (χ1n) is 8.65. The molecule has 2 N–H and O–H groups in total. The van der Waals surface area contributed by atoms with E-state index in [4.69, 9.17) is 0 Å². The quantitative estimate of drug-likeness (QED) is 0.610. The van der Waals surface area contributed by atoms with E-state index >= 15 is 0 Å². The highest BCUT2D eigenvalue weighted by Crippen LogP contribution is 2.20. The number of aromatic nitrogens is 2. The van der Waals surface area contributed by atoms with Crippen LogP contribution in [0, 0.1) is 5.92 Å². The number of sulfonamides is 1.